The molecule has 1 fully saturated rings. The number of carbonyl (C=O) groups excluding carboxylic acids is 1. The Kier molecular flexibility index (Phi) is 5.17. The standard InChI is InChI=1S/C14H20N2O4S/c1-9-8-21-14(20)16(9)6-2-3-12(17)15-11-5-4-10(7-11)13(18)19/h8,10-11H,2-7H2,1H3,(H,15,17)(H,18,19)/t10-,11+/m1/s1. The van der Waals surface area contributed by atoms with Crippen LogP contribution in [0.15, 0.2) is 10.2 Å². The van der Waals surface area contributed by atoms with Gasteiger partial charge in [-0.25, -0.2) is 0 Å². The maximum atomic E-state index is 11.8. The molecule has 2 rings (SSSR count). The van der Waals surface area contributed by atoms with Gasteiger partial charge in [-0.1, -0.05) is 11.3 Å². The molecule has 1 amide bonds. The van der Waals surface area contributed by atoms with Crippen molar-refractivity contribution in [2.24, 2.45) is 5.92 Å². The van der Waals surface area contributed by atoms with Gasteiger partial charge < -0.3 is 15.0 Å². The summed E-state index contributed by atoms with van der Waals surface area (Å²) in [6.07, 6.45) is 2.84. The number of nitrogens with zero attached hydrogens (tertiary/aromatic N) is 1. The average Bonchev–Trinajstić information content (AvgIpc) is 3.00. The van der Waals surface area contributed by atoms with Crippen LogP contribution in [0.3, 0.4) is 0 Å². The number of nitrogens with one attached hydrogen (secondary N) is 1. The molecule has 21 heavy (non-hydrogen) atoms. The smallest absolute Gasteiger partial charge is 0.307 e. The van der Waals surface area contributed by atoms with Crippen molar-refractivity contribution in [2.45, 2.75) is 51.6 Å². The summed E-state index contributed by atoms with van der Waals surface area (Å²) in [5, 5.41) is 13.6. The van der Waals surface area contributed by atoms with Gasteiger partial charge in [-0.15, -0.1) is 0 Å². The van der Waals surface area contributed by atoms with Crippen LogP contribution in [-0.4, -0.2) is 27.6 Å². The molecule has 1 aromatic heterocycles. The number of carboxylic acid groups (broad SMARTS) is 1. The molecule has 116 valence electrons. The van der Waals surface area contributed by atoms with E-state index in [1.54, 1.807) is 4.57 Å². The van der Waals surface area contributed by atoms with Crippen LogP contribution in [0.25, 0.3) is 0 Å². The van der Waals surface area contributed by atoms with Crippen LogP contribution in [0.5, 0.6) is 0 Å². The van der Waals surface area contributed by atoms with Crippen molar-refractivity contribution in [1.82, 2.24) is 9.88 Å². The molecule has 6 nitrogen and oxygen atoms in total. The second-order valence-corrected chi connectivity index (χ2v) is 6.33. The number of hydrogen-bond acceptors (Lipinski definition) is 4. The number of aryl methyl sites for hydroxylation is 1. The molecule has 0 unspecified atom stereocenters. The molecule has 1 aliphatic rings. The lowest BCUT2D eigenvalue weighted by molar-refractivity contribution is -0.141. The molecule has 0 spiro atoms. The van der Waals surface area contributed by atoms with Gasteiger partial charge in [0.1, 0.15) is 0 Å². The van der Waals surface area contributed by atoms with Crippen LogP contribution in [0.4, 0.5) is 0 Å². The van der Waals surface area contributed by atoms with Gasteiger partial charge in [-0.2, -0.15) is 0 Å². The Morgan fingerprint density at radius 1 is 1.48 bits per heavy atom. The van der Waals surface area contributed by atoms with Crippen molar-refractivity contribution >= 4 is 23.2 Å². The van der Waals surface area contributed by atoms with Gasteiger partial charge in [0.15, 0.2) is 0 Å². The van der Waals surface area contributed by atoms with E-state index in [0.29, 0.717) is 32.2 Å². The molecular formula is C14H20N2O4S. The third-order valence-corrected chi connectivity index (χ3v) is 4.79. The summed E-state index contributed by atoms with van der Waals surface area (Å²) in [6, 6.07) is -0.0239. The lowest BCUT2D eigenvalue weighted by atomic mass is 10.1. The summed E-state index contributed by atoms with van der Waals surface area (Å²) in [5.41, 5.74) is 0.922. The van der Waals surface area contributed by atoms with Crippen LogP contribution in [0.1, 0.15) is 37.8 Å². The van der Waals surface area contributed by atoms with E-state index >= 15 is 0 Å². The van der Waals surface area contributed by atoms with E-state index in [9.17, 15) is 14.4 Å². The fourth-order valence-electron chi connectivity index (χ4n) is 2.71. The molecule has 1 heterocycles. The van der Waals surface area contributed by atoms with Crippen molar-refractivity contribution in [3.63, 3.8) is 0 Å². The minimum Gasteiger partial charge on any atom is -0.481 e. The first-order chi connectivity index (χ1) is 9.97. The first-order valence-corrected chi connectivity index (χ1v) is 8.02. The summed E-state index contributed by atoms with van der Waals surface area (Å²) >= 11 is 1.17. The number of aliphatic carboxylic acids is 1. The SMILES string of the molecule is Cc1csc(=O)n1CCCC(=O)N[C@H]1CC[C@@H](C(=O)O)C1. The summed E-state index contributed by atoms with van der Waals surface area (Å²) in [6.45, 7) is 2.42. The highest BCUT2D eigenvalue weighted by Gasteiger charge is 2.30. The number of hydrogen-bond donors (Lipinski definition) is 2. The lowest BCUT2D eigenvalue weighted by Crippen LogP contribution is -2.33. The van der Waals surface area contributed by atoms with Crippen LogP contribution in [0, 0.1) is 12.8 Å². The number of carbonyl (C=O) groups is 2. The number of aromatic nitrogens is 1. The van der Waals surface area contributed by atoms with Gasteiger partial charge in [0, 0.05) is 30.1 Å². The predicted molar refractivity (Wildman–Crippen MR) is 79.5 cm³/mol. The lowest BCUT2D eigenvalue weighted by Gasteiger charge is -2.12. The minimum absolute atomic E-state index is 0.00741. The maximum absolute atomic E-state index is 11.8. The van der Waals surface area contributed by atoms with Crippen LogP contribution in [-0.2, 0) is 16.1 Å². The quantitative estimate of drug-likeness (QED) is 0.830. The average molecular weight is 312 g/mol. The van der Waals surface area contributed by atoms with Gasteiger partial charge >= 0.3 is 10.8 Å². The molecule has 0 radical (unpaired) electrons. The Balaban J connectivity index is 1.71. The minimum atomic E-state index is -0.779. The van der Waals surface area contributed by atoms with E-state index in [-0.39, 0.29) is 22.7 Å². The summed E-state index contributed by atoms with van der Waals surface area (Å²) < 4.78 is 1.67. The first kappa shape index (κ1) is 15.8. The second kappa shape index (κ2) is 6.89. The molecule has 2 atom stereocenters. The zero-order chi connectivity index (χ0) is 15.4. The van der Waals surface area contributed by atoms with Crippen molar-refractivity contribution in [3.05, 3.63) is 20.7 Å². The fraction of sp³-hybridized carbons (Fsp3) is 0.643. The van der Waals surface area contributed by atoms with Crippen LogP contribution < -0.4 is 10.2 Å². The van der Waals surface area contributed by atoms with Gasteiger partial charge in [0.25, 0.3) is 0 Å². The van der Waals surface area contributed by atoms with E-state index in [4.69, 9.17) is 5.11 Å². The van der Waals surface area contributed by atoms with Crippen molar-refractivity contribution in [1.29, 1.82) is 0 Å². The molecular weight excluding hydrogens is 292 g/mol. The summed E-state index contributed by atoms with van der Waals surface area (Å²) in [5.74, 6) is -1.17. The highest BCUT2D eigenvalue weighted by molar-refractivity contribution is 7.07. The van der Waals surface area contributed by atoms with Crippen LogP contribution >= 0.6 is 11.3 Å². The second-order valence-electron chi connectivity index (χ2n) is 5.51. The van der Waals surface area contributed by atoms with Gasteiger partial charge in [0.05, 0.1) is 5.92 Å². The monoisotopic (exact) mass is 312 g/mol. The van der Waals surface area contributed by atoms with Crippen molar-refractivity contribution in [3.8, 4) is 0 Å². The normalized spacial score (nSPS) is 21.4. The topological polar surface area (TPSA) is 88.4 Å². The zero-order valence-electron chi connectivity index (χ0n) is 12.0. The Labute approximate surface area is 126 Å². The van der Waals surface area contributed by atoms with E-state index in [1.165, 1.54) is 11.3 Å². The van der Waals surface area contributed by atoms with Gasteiger partial charge in [-0.3, -0.25) is 14.4 Å². The van der Waals surface area contributed by atoms with Crippen molar-refractivity contribution in [2.75, 3.05) is 0 Å². The molecule has 0 aromatic carbocycles. The molecule has 7 heteroatoms. The number of rotatable bonds is 6. The number of thiazole rings is 1. The Morgan fingerprint density at radius 2 is 2.24 bits per heavy atom. The molecule has 1 aromatic rings. The van der Waals surface area contributed by atoms with Crippen molar-refractivity contribution < 1.29 is 14.7 Å². The predicted octanol–water partition coefficient (Wildman–Crippen LogP) is 1.37. The van der Waals surface area contributed by atoms with E-state index in [2.05, 4.69) is 5.32 Å². The summed E-state index contributed by atoms with van der Waals surface area (Å²) in [4.78, 5) is 34.2. The molecule has 0 saturated heterocycles. The first-order valence-electron chi connectivity index (χ1n) is 7.14. The fourth-order valence-corrected chi connectivity index (χ4v) is 3.47. The highest BCUT2D eigenvalue weighted by atomic mass is 32.1. The largest absolute Gasteiger partial charge is 0.481 e. The Morgan fingerprint density at radius 3 is 2.81 bits per heavy atom. The summed E-state index contributed by atoms with van der Waals surface area (Å²) in [7, 11) is 0. The third kappa shape index (κ3) is 4.17. The van der Waals surface area contributed by atoms with Gasteiger partial charge in [-0.05, 0) is 32.6 Å². The third-order valence-electron chi connectivity index (χ3n) is 3.91. The Bertz CT molecular complexity index is 578. The molecule has 0 aliphatic heterocycles. The van der Waals surface area contributed by atoms with E-state index < -0.39 is 5.97 Å². The molecule has 2 N–H and O–H groups in total. The zero-order valence-corrected chi connectivity index (χ0v) is 12.8. The molecule has 1 saturated carbocycles. The van der Waals surface area contributed by atoms with E-state index in [1.807, 2.05) is 12.3 Å². The highest BCUT2D eigenvalue weighted by Crippen LogP contribution is 2.25. The maximum Gasteiger partial charge on any atom is 0.307 e. The van der Waals surface area contributed by atoms with Gasteiger partial charge in [0.2, 0.25) is 5.91 Å². The molecule has 1 aliphatic carbocycles. The Hall–Kier alpha value is -1.63. The van der Waals surface area contributed by atoms with Crippen LogP contribution in [0.2, 0.25) is 0 Å². The number of carboxylic acids is 1. The number of amides is 1. The molecule has 0 bridgehead atoms. The van der Waals surface area contributed by atoms with E-state index in [0.717, 1.165) is 12.1 Å².